The molecule has 0 spiro atoms. The number of allylic oxidation sites excluding steroid dienone is 1. The summed E-state index contributed by atoms with van der Waals surface area (Å²) in [5.74, 6) is -0.199. The fraction of sp³-hybridized carbons (Fsp3) is 0.333. The summed E-state index contributed by atoms with van der Waals surface area (Å²) in [7, 11) is 0. The Balaban J connectivity index is 2.31. The van der Waals surface area contributed by atoms with Gasteiger partial charge in [0.15, 0.2) is 0 Å². The lowest BCUT2D eigenvalue weighted by Gasteiger charge is -1.78. The number of alkyl halides is 2. The molecule has 0 saturated carbocycles. The van der Waals surface area contributed by atoms with Crippen LogP contribution in [0.15, 0.2) is 12.0 Å². The Morgan fingerprint density at radius 3 is 2.17 bits per heavy atom. The van der Waals surface area contributed by atoms with E-state index in [0.717, 1.165) is 6.26 Å². The monoisotopic (exact) mass is 92.0 g/mol. The zero-order chi connectivity index (χ0) is 4.57. The highest BCUT2D eigenvalue weighted by atomic mass is 19.3. The van der Waals surface area contributed by atoms with Crippen molar-refractivity contribution in [3.63, 3.8) is 0 Å². The Bertz CT molecular complexity index is 86.8. The van der Waals surface area contributed by atoms with Crippen LogP contribution in [-0.2, 0) is 4.74 Å². The molecule has 3 heteroatoms. The van der Waals surface area contributed by atoms with Gasteiger partial charge in [-0.05, 0) is 0 Å². The van der Waals surface area contributed by atoms with E-state index in [4.69, 9.17) is 0 Å². The molecule has 0 N–H and O–H groups in total. The van der Waals surface area contributed by atoms with Crippen LogP contribution in [0.5, 0.6) is 0 Å². The molecule has 0 aromatic rings. The summed E-state index contributed by atoms with van der Waals surface area (Å²) in [6.45, 7) is 0. The number of hydrogen-bond donors (Lipinski definition) is 0. The van der Waals surface area contributed by atoms with Crippen LogP contribution in [0.2, 0.25) is 0 Å². The highest BCUT2D eigenvalue weighted by molar-refractivity contribution is 5.04. The van der Waals surface area contributed by atoms with E-state index in [-0.39, 0.29) is 5.76 Å². The molecule has 0 aromatic carbocycles. The van der Waals surface area contributed by atoms with Crippen LogP contribution in [0, 0.1) is 0 Å². The third kappa shape index (κ3) is 0.478. The average molecular weight is 92.0 g/mol. The van der Waals surface area contributed by atoms with Gasteiger partial charge in [0.2, 0.25) is 5.76 Å². The topological polar surface area (TPSA) is 12.5 Å². The molecule has 0 aromatic heterocycles. The zero-order valence-corrected chi connectivity index (χ0v) is 2.82. The third-order valence-corrected chi connectivity index (χ3v) is 0.469. The lowest BCUT2D eigenvalue weighted by molar-refractivity contribution is 0.163. The van der Waals surface area contributed by atoms with E-state index in [9.17, 15) is 8.78 Å². The second-order valence-electron chi connectivity index (χ2n) is 0.939. The fourth-order valence-corrected chi connectivity index (χ4v) is 0.137. The first-order valence-electron chi connectivity index (χ1n) is 1.45. The largest absolute Gasteiger partial charge is 0.456 e. The van der Waals surface area contributed by atoms with Gasteiger partial charge in [0, 0.05) is 0 Å². The minimum Gasteiger partial charge on any atom is -0.456 e. The van der Waals surface area contributed by atoms with Crippen molar-refractivity contribution >= 4 is 0 Å². The molecular weight excluding hydrogens is 90.0 g/mol. The van der Waals surface area contributed by atoms with Gasteiger partial charge in [-0.15, -0.1) is 0 Å². The van der Waals surface area contributed by atoms with Crippen LogP contribution in [-0.4, -0.2) is 6.43 Å². The van der Waals surface area contributed by atoms with Gasteiger partial charge in [0.05, 0.1) is 0 Å². The molecule has 0 radical (unpaired) electrons. The van der Waals surface area contributed by atoms with Crippen molar-refractivity contribution in [3.8, 4) is 0 Å². The Hall–Kier alpha value is -0.600. The molecule has 6 heavy (non-hydrogen) atoms. The molecule has 1 nitrogen and oxygen atoms in total. The Morgan fingerprint density at radius 2 is 2.17 bits per heavy atom. The van der Waals surface area contributed by atoms with E-state index < -0.39 is 6.43 Å². The molecule has 0 saturated heterocycles. The van der Waals surface area contributed by atoms with Crippen LogP contribution >= 0.6 is 0 Å². The normalized spacial score (nSPS) is 16.8. The molecule has 34 valence electrons. The van der Waals surface area contributed by atoms with Crippen molar-refractivity contribution in [3.05, 3.63) is 12.0 Å². The lowest BCUT2D eigenvalue weighted by atomic mass is 10.7. The number of rotatable bonds is 1. The van der Waals surface area contributed by atoms with Crippen molar-refractivity contribution in [2.45, 2.75) is 6.43 Å². The molecule has 1 aliphatic heterocycles. The quantitative estimate of drug-likeness (QED) is 0.472. The van der Waals surface area contributed by atoms with Gasteiger partial charge in [0.25, 0.3) is 6.43 Å². The van der Waals surface area contributed by atoms with Gasteiger partial charge in [0.1, 0.15) is 6.26 Å². The van der Waals surface area contributed by atoms with Gasteiger partial charge in [-0.3, -0.25) is 0 Å². The summed E-state index contributed by atoms with van der Waals surface area (Å²) in [4.78, 5) is 0. The molecule has 0 fully saturated rings. The Morgan fingerprint density at radius 1 is 1.67 bits per heavy atom. The summed E-state index contributed by atoms with van der Waals surface area (Å²) >= 11 is 0. The van der Waals surface area contributed by atoms with Crippen molar-refractivity contribution in [1.82, 2.24) is 0 Å². The summed E-state index contributed by atoms with van der Waals surface area (Å²) in [6, 6.07) is 0. The molecule has 1 rings (SSSR count). The smallest absolute Gasteiger partial charge is 0.298 e. The second kappa shape index (κ2) is 0.929. The number of ether oxygens (including phenoxy) is 1. The highest BCUT2D eigenvalue weighted by Crippen LogP contribution is 2.20. The average Bonchev–Trinajstić information content (AvgIpc) is 2.06. The van der Waals surface area contributed by atoms with Crippen LogP contribution < -0.4 is 0 Å². The van der Waals surface area contributed by atoms with E-state index in [0.29, 0.717) is 0 Å². The minimum atomic E-state index is -2.40. The molecule has 0 aliphatic carbocycles. The van der Waals surface area contributed by atoms with Crippen LogP contribution in [0.1, 0.15) is 0 Å². The number of halogens is 2. The molecule has 0 atom stereocenters. The molecule has 1 aliphatic rings. The molecule has 1 heterocycles. The van der Waals surface area contributed by atoms with E-state index in [1.54, 1.807) is 0 Å². The zero-order valence-electron chi connectivity index (χ0n) is 2.82. The second-order valence-corrected chi connectivity index (χ2v) is 0.939. The molecule has 0 unspecified atom stereocenters. The van der Waals surface area contributed by atoms with Crippen LogP contribution in [0.3, 0.4) is 0 Å². The van der Waals surface area contributed by atoms with Crippen molar-refractivity contribution < 1.29 is 13.5 Å². The number of hydrogen-bond acceptors (Lipinski definition) is 1. The first kappa shape index (κ1) is 3.59. The maximum Gasteiger partial charge on any atom is 0.298 e. The first-order valence-corrected chi connectivity index (χ1v) is 1.45. The van der Waals surface area contributed by atoms with Gasteiger partial charge < -0.3 is 4.74 Å². The Labute approximate surface area is 33.2 Å². The van der Waals surface area contributed by atoms with Gasteiger partial charge >= 0.3 is 0 Å². The Kier molecular flexibility index (Phi) is 0.555. The first-order chi connectivity index (χ1) is 2.80. The third-order valence-electron chi connectivity index (χ3n) is 0.469. The minimum absolute atomic E-state index is 0.199. The summed E-state index contributed by atoms with van der Waals surface area (Å²) < 4.78 is 26.1. The SMILES string of the molecule is FC(F)C1=CO1. The summed E-state index contributed by atoms with van der Waals surface area (Å²) in [5, 5.41) is 0. The molecule has 0 bridgehead atoms. The van der Waals surface area contributed by atoms with E-state index >= 15 is 0 Å². The standard InChI is InChI=1S/C3H2F2O/c4-3(5)2-1-6-2/h1,3H. The van der Waals surface area contributed by atoms with Crippen molar-refractivity contribution in [2.24, 2.45) is 0 Å². The van der Waals surface area contributed by atoms with E-state index in [1.807, 2.05) is 0 Å². The van der Waals surface area contributed by atoms with Crippen LogP contribution in [0.25, 0.3) is 0 Å². The summed E-state index contributed by atoms with van der Waals surface area (Å²) in [6.07, 6.45) is -1.37. The van der Waals surface area contributed by atoms with Gasteiger partial charge in [-0.25, -0.2) is 8.78 Å². The lowest BCUT2D eigenvalue weighted by Crippen LogP contribution is -1.82. The molecule has 0 amide bonds. The van der Waals surface area contributed by atoms with Gasteiger partial charge in [-0.1, -0.05) is 0 Å². The molecular formula is C3H2F2O. The maximum atomic E-state index is 11.0. The predicted octanol–water partition coefficient (Wildman–Crippen LogP) is 1.12. The van der Waals surface area contributed by atoms with Gasteiger partial charge in [-0.2, -0.15) is 0 Å². The summed E-state index contributed by atoms with van der Waals surface area (Å²) in [5.41, 5.74) is 0. The van der Waals surface area contributed by atoms with E-state index in [1.165, 1.54) is 0 Å². The fourth-order valence-electron chi connectivity index (χ4n) is 0.137. The van der Waals surface area contributed by atoms with Crippen LogP contribution in [0.4, 0.5) is 8.78 Å². The predicted molar refractivity (Wildman–Crippen MR) is 15.2 cm³/mol. The van der Waals surface area contributed by atoms with Crippen molar-refractivity contribution in [2.75, 3.05) is 0 Å². The highest BCUT2D eigenvalue weighted by Gasteiger charge is 2.21. The van der Waals surface area contributed by atoms with Crippen molar-refractivity contribution in [1.29, 1.82) is 0 Å². The maximum absolute atomic E-state index is 11.0. The van der Waals surface area contributed by atoms with E-state index in [2.05, 4.69) is 4.74 Å².